The van der Waals surface area contributed by atoms with E-state index in [-0.39, 0.29) is 20.2 Å². The summed E-state index contributed by atoms with van der Waals surface area (Å²) in [6, 6.07) is 13.4. The zero-order valence-corrected chi connectivity index (χ0v) is 15.8. The van der Waals surface area contributed by atoms with E-state index in [1.165, 1.54) is 6.07 Å². The van der Waals surface area contributed by atoms with Gasteiger partial charge in [-0.15, -0.1) is 10.2 Å². The van der Waals surface area contributed by atoms with Gasteiger partial charge >= 0.3 is 0 Å². The fourth-order valence-electron chi connectivity index (χ4n) is 1.98. The Morgan fingerprint density at radius 2 is 1.77 bits per heavy atom. The molecular formula is C16H13ClN4O3S2. The molecule has 0 unspecified atom stereocenters. The normalized spacial score (nSPS) is 11.2. The Hall–Kier alpha value is -2.49. The van der Waals surface area contributed by atoms with Gasteiger partial charge in [-0.25, -0.2) is 0 Å². The molecule has 1 amide bonds. The maximum Gasteiger partial charge on any atom is 0.291 e. The first-order valence-corrected chi connectivity index (χ1v) is 10.0. The third-order valence-corrected chi connectivity index (χ3v) is 6.19. The number of benzene rings is 2. The fourth-order valence-corrected chi connectivity index (χ4v) is 4.19. The number of amides is 1. The molecule has 1 heterocycles. The standard InChI is InChI=1S/C16H13ClN4O3S2/c1-10-6-8-11(9-7-10)14(22)18-15-19-20-16(25-15)26(23,24)21-13-5-3-2-4-12(13)17/h2-9,21H,1H3,(H,18,19,22). The highest BCUT2D eigenvalue weighted by atomic mass is 35.5. The first kappa shape index (κ1) is 18.3. The lowest BCUT2D eigenvalue weighted by molar-refractivity contribution is 0.102. The molecule has 0 spiro atoms. The molecule has 3 aromatic rings. The van der Waals surface area contributed by atoms with Gasteiger partial charge in [0.1, 0.15) is 0 Å². The Balaban J connectivity index is 1.75. The molecule has 0 saturated heterocycles. The number of nitrogens with one attached hydrogen (secondary N) is 2. The zero-order chi connectivity index (χ0) is 18.7. The van der Waals surface area contributed by atoms with E-state index in [1.807, 2.05) is 6.92 Å². The summed E-state index contributed by atoms with van der Waals surface area (Å²) in [4.78, 5) is 12.2. The summed E-state index contributed by atoms with van der Waals surface area (Å²) >= 11 is 6.70. The second-order valence-corrected chi connectivity index (χ2v) is 8.52. The van der Waals surface area contributed by atoms with Crippen LogP contribution in [0.3, 0.4) is 0 Å². The van der Waals surface area contributed by atoms with Gasteiger partial charge in [0.15, 0.2) is 0 Å². The Bertz CT molecular complexity index is 1050. The number of carbonyl (C=O) groups excluding carboxylic acids is 1. The number of aryl methyl sites for hydroxylation is 1. The third-order valence-electron chi connectivity index (χ3n) is 3.29. The lowest BCUT2D eigenvalue weighted by Crippen LogP contribution is -2.13. The first-order chi connectivity index (χ1) is 12.3. The van der Waals surface area contributed by atoms with E-state index in [0.29, 0.717) is 5.56 Å². The number of hydrogen-bond donors (Lipinski definition) is 2. The van der Waals surface area contributed by atoms with E-state index in [2.05, 4.69) is 20.2 Å². The number of nitrogens with zero attached hydrogens (tertiary/aromatic N) is 2. The van der Waals surface area contributed by atoms with E-state index in [4.69, 9.17) is 11.6 Å². The summed E-state index contributed by atoms with van der Waals surface area (Å²) in [5.41, 5.74) is 1.69. The van der Waals surface area contributed by atoms with E-state index in [1.54, 1.807) is 42.5 Å². The SMILES string of the molecule is Cc1ccc(C(=O)Nc2nnc(S(=O)(=O)Nc3ccccc3Cl)s2)cc1. The maximum absolute atomic E-state index is 12.4. The number of para-hydroxylation sites is 1. The molecule has 0 fully saturated rings. The molecule has 2 N–H and O–H groups in total. The quantitative estimate of drug-likeness (QED) is 0.628. The van der Waals surface area contributed by atoms with Crippen molar-refractivity contribution in [2.75, 3.05) is 10.0 Å². The van der Waals surface area contributed by atoms with Crippen molar-refractivity contribution in [2.24, 2.45) is 0 Å². The topological polar surface area (TPSA) is 101 Å². The monoisotopic (exact) mass is 408 g/mol. The van der Waals surface area contributed by atoms with Crippen molar-refractivity contribution in [1.82, 2.24) is 10.2 Å². The second-order valence-electron chi connectivity index (χ2n) is 5.28. The van der Waals surface area contributed by atoms with Gasteiger partial charge in [-0.2, -0.15) is 8.42 Å². The molecular weight excluding hydrogens is 396 g/mol. The fraction of sp³-hybridized carbons (Fsp3) is 0.0625. The average molecular weight is 409 g/mol. The smallest absolute Gasteiger partial charge is 0.291 e. The van der Waals surface area contributed by atoms with E-state index >= 15 is 0 Å². The molecule has 1 aromatic heterocycles. The largest absolute Gasteiger partial charge is 0.296 e. The minimum atomic E-state index is -3.96. The highest BCUT2D eigenvalue weighted by molar-refractivity contribution is 7.94. The maximum atomic E-state index is 12.4. The summed E-state index contributed by atoms with van der Waals surface area (Å²) in [6.45, 7) is 1.91. The number of hydrogen-bond acceptors (Lipinski definition) is 6. The summed E-state index contributed by atoms with van der Waals surface area (Å²) < 4.78 is 26.8. The van der Waals surface area contributed by atoms with Crippen molar-refractivity contribution in [3.63, 3.8) is 0 Å². The molecule has 0 radical (unpaired) electrons. The predicted molar refractivity (Wildman–Crippen MR) is 101 cm³/mol. The summed E-state index contributed by atoms with van der Waals surface area (Å²) in [5.74, 6) is -0.399. The van der Waals surface area contributed by atoms with Crippen molar-refractivity contribution in [3.05, 3.63) is 64.7 Å². The van der Waals surface area contributed by atoms with Gasteiger partial charge in [0, 0.05) is 5.56 Å². The van der Waals surface area contributed by atoms with Crippen molar-refractivity contribution < 1.29 is 13.2 Å². The minimum absolute atomic E-state index is 0.0788. The molecule has 7 nitrogen and oxygen atoms in total. The Morgan fingerprint density at radius 1 is 1.08 bits per heavy atom. The third kappa shape index (κ3) is 4.18. The average Bonchev–Trinajstić information content (AvgIpc) is 3.07. The second kappa shape index (κ2) is 7.40. The molecule has 10 heteroatoms. The molecule has 0 aliphatic carbocycles. The van der Waals surface area contributed by atoms with Crippen LogP contribution in [0.5, 0.6) is 0 Å². The van der Waals surface area contributed by atoms with Crippen LogP contribution in [0, 0.1) is 6.92 Å². The van der Waals surface area contributed by atoms with Crippen molar-refractivity contribution in [2.45, 2.75) is 11.3 Å². The predicted octanol–water partition coefficient (Wildman–Crippen LogP) is 3.55. The highest BCUT2D eigenvalue weighted by Gasteiger charge is 2.22. The van der Waals surface area contributed by atoms with Crippen LogP contribution < -0.4 is 10.0 Å². The van der Waals surface area contributed by atoms with Crippen LogP contribution >= 0.6 is 22.9 Å². The van der Waals surface area contributed by atoms with Gasteiger partial charge < -0.3 is 0 Å². The minimum Gasteiger partial charge on any atom is -0.296 e. The summed E-state index contributed by atoms with van der Waals surface area (Å²) in [6.07, 6.45) is 0. The number of anilines is 2. The number of aromatic nitrogens is 2. The molecule has 0 saturated carbocycles. The molecule has 26 heavy (non-hydrogen) atoms. The van der Waals surface area contributed by atoms with Crippen LogP contribution in [0.4, 0.5) is 10.8 Å². The number of halogens is 1. The molecule has 0 atom stereocenters. The molecule has 0 aliphatic rings. The molecule has 0 bridgehead atoms. The summed E-state index contributed by atoms with van der Waals surface area (Å²) in [5, 5.41) is 10.2. The Kier molecular flexibility index (Phi) is 5.21. The van der Waals surface area contributed by atoms with Gasteiger partial charge in [0.05, 0.1) is 10.7 Å². The lowest BCUT2D eigenvalue weighted by Gasteiger charge is -2.06. The van der Waals surface area contributed by atoms with Crippen LogP contribution in [-0.2, 0) is 10.0 Å². The first-order valence-electron chi connectivity index (χ1n) is 7.34. The van der Waals surface area contributed by atoms with Crippen molar-refractivity contribution in [3.8, 4) is 0 Å². The van der Waals surface area contributed by atoms with Gasteiger partial charge in [0.2, 0.25) is 5.13 Å². The van der Waals surface area contributed by atoms with Crippen LogP contribution in [0.25, 0.3) is 0 Å². The van der Waals surface area contributed by atoms with Crippen LogP contribution in [0.2, 0.25) is 5.02 Å². The number of sulfonamides is 1. The van der Waals surface area contributed by atoms with Crippen LogP contribution in [-0.4, -0.2) is 24.5 Å². The van der Waals surface area contributed by atoms with Crippen LogP contribution in [0.15, 0.2) is 52.9 Å². The molecule has 134 valence electrons. The lowest BCUT2D eigenvalue weighted by atomic mass is 10.1. The summed E-state index contributed by atoms with van der Waals surface area (Å²) in [7, 11) is -3.96. The molecule has 0 aliphatic heterocycles. The van der Waals surface area contributed by atoms with Gasteiger partial charge in [-0.1, -0.05) is 52.8 Å². The highest BCUT2D eigenvalue weighted by Crippen LogP contribution is 2.26. The number of rotatable bonds is 5. The van der Waals surface area contributed by atoms with Crippen molar-refractivity contribution in [1.29, 1.82) is 0 Å². The van der Waals surface area contributed by atoms with Crippen LogP contribution in [0.1, 0.15) is 15.9 Å². The van der Waals surface area contributed by atoms with Gasteiger partial charge in [-0.05, 0) is 31.2 Å². The zero-order valence-electron chi connectivity index (χ0n) is 13.4. The van der Waals surface area contributed by atoms with E-state index in [0.717, 1.165) is 16.9 Å². The molecule has 3 rings (SSSR count). The number of carbonyl (C=O) groups is 1. The van der Waals surface area contributed by atoms with Crippen molar-refractivity contribution >= 4 is 49.7 Å². The van der Waals surface area contributed by atoms with E-state index < -0.39 is 15.9 Å². The Labute approximate surface area is 159 Å². The van der Waals surface area contributed by atoms with Gasteiger partial charge in [-0.3, -0.25) is 14.8 Å². The Morgan fingerprint density at radius 3 is 2.46 bits per heavy atom. The van der Waals surface area contributed by atoms with E-state index in [9.17, 15) is 13.2 Å². The van der Waals surface area contributed by atoms with Gasteiger partial charge in [0.25, 0.3) is 20.3 Å². The molecule has 2 aromatic carbocycles.